The summed E-state index contributed by atoms with van der Waals surface area (Å²) in [6.07, 6.45) is 1.68. The molecule has 2 amide bonds. The van der Waals surface area contributed by atoms with Crippen molar-refractivity contribution < 1.29 is 27.8 Å². The molecule has 0 radical (unpaired) electrons. The molecule has 6 nitrogen and oxygen atoms in total. The number of hydrogen-bond donors (Lipinski definition) is 0. The number of carbonyl (C=O) groups excluding carboxylic acids is 2. The smallest absolute Gasteiger partial charge is 0.288 e. The molecule has 0 aromatic rings. The average Bonchev–Trinajstić information content (AvgIpc) is 2.75. The van der Waals surface area contributed by atoms with Gasteiger partial charge in [-0.2, -0.15) is 0 Å². The molecule has 22 heavy (non-hydrogen) atoms. The molecule has 0 bridgehead atoms. The summed E-state index contributed by atoms with van der Waals surface area (Å²) in [7, 11) is 1.46. The predicted molar refractivity (Wildman–Crippen MR) is 73.6 cm³/mol. The maximum Gasteiger partial charge on any atom is 0.288 e. The Morgan fingerprint density at radius 2 is 2.18 bits per heavy atom. The fraction of sp³-hybridized carbons (Fsp3) is 0.857. The fourth-order valence-corrected chi connectivity index (χ4v) is 2.72. The van der Waals surface area contributed by atoms with Crippen molar-refractivity contribution in [2.75, 3.05) is 46.5 Å². The van der Waals surface area contributed by atoms with Crippen molar-refractivity contribution in [2.45, 2.75) is 31.3 Å². The maximum absolute atomic E-state index is 13.5. The summed E-state index contributed by atoms with van der Waals surface area (Å²) in [6.45, 7) is -0.882. The lowest BCUT2D eigenvalue weighted by Crippen LogP contribution is -2.48. The molecule has 0 aromatic heterocycles. The topological polar surface area (TPSA) is 59.1 Å². The van der Waals surface area contributed by atoms with Gasteiger partial charge in [0.15, 0.2) is 0 Å². The molecule has 8 heteroatoms. The van der Waals surface area contributed by atoms with Gasteiger partial charge in [0.25, 0.3) is 11.8 Å². The van der Waals surface area contributed by atoms with Crippen molar-refractivity contribution in [2.24, 2.45) is 0 Å². The monoisotopic (exact) mass is 320 g/mol. The van der Waals surface area contributed by atoms with Gasteiger partial charge in [0, 0.05) is 20.2 Å². The van der Waals surface area contributed by atoms with Gasteiger partial charge in [-0.15, -0.1) is 0 Å². The second-order valence-electron chi connectivity index (χ2n) is 5.70. The first-order valence-corrected chi connectivity index (χ1v) is 7.48. The third-order valence-corrected chi connectivity index (χ3v) is 3.94. The summed E-state index contributed by atoms with van der Waals surface area (Å²) in [5, 5.41) is 0. The van der Waals surface area contributed by atoms with Crippen LogP contribution >= 0.6 is 0 Å². The van der Waals surface area contributed by atoms with Crippen LogP contribution in [-0.2, 0) is 19.1 Å². The molecule has 2 aliphatic heterocycles. The van der Waals surface area contributed by atoms with Gasteiger partial charge in [-0.05, 0) is 19.3 Å². The number of rotatable bonds is 3. The molecule has 2 saturated heterocycles. The van der Waals surface area contributed by atoms with Crippen LogP contribution in [0.4, 0.5) is 8.78 Å². The zero-order valence-corrected chi connectivity index (χ0v) is 12.7. The Hall–Kier alpha value is -1.28. The van der Waals surface area contributed by atoms with E-state index in [0.29, 0.717) is 13.0 Å². The van der Waals surface area contributed by atoms with Gasteiger partial charge < -0.3 is 19.3 Å². The van der Waals surface area contributed by atoms with Crippen molar-refractivity contribution in [3.05, 3.63) is 0 Å². The highest BCUT2D eigenvalue weighted by molar-refractivity contribution is 5.87. The molecule has 2 aliphatic rings. The number of nitrogens with zero attached hydrogens (tertiary/aromatic N) is 2. The van der Waals surface area contributed by atoms with E-state index in [9.17, 15) is 18.4 Å². The Labute approximate surface area is 128 Å². The van der Waals surface area contributed by atoms with Crippen LogP contribution in [0.5, 0.6) is 0 Å². The van der Waals surface area contributed by atoms with E-state index in [1.807, 2.05) is 0 Å². The number of hydrogen-bond acceptors (Lipinski definition) is 4. The molecule has 0 N–H and O–H groups in total. The van der Waals surface area contributed by atoms with Crippen molar-refractivity contribution in [1.82, 2.24) is 9.80 Å². The summed E-state index contributed by atoms with van der Waals surface area (Å²) in [5.74, 6) is -3.77. The van der Waals surface area contributed by atoms with Crippen molar-refractivity contribution in [3.8, 4) is 0 Å². The van der Waals surface area contributed by atoms with Crippen LogP contribution in [0.2, 0.25) is 0 Å². The summed E-state index contributed by atoms with van der Waals surface area (Å²) >= 11 is 0. The first kappa shape index (κ1) is 17.1. The minimum absolute atomic E-state index is 0.0793. The highest BCUT2D eigenvalue weighted by atomic mass is 19.3. The lowest BCUT2D eigenvalue weighted by Gasteiger charge is -2.28. The van der Waals surface area contributed by atoms with Gasteiger partial charge in [0.1, 0.15) is 12.7 Å². The van der Waals surface area contributed by atoms with Crippen LogP contribution in [0, 0.1) is 0 Å². The first-order chi connectivity index (χ1) is 10.4. The number of carbonyl (C=O) groups is 2. The SMILES string of the molecule is COC1CCCCN(CC(=O)N2CCOCC(F)(F)C2)C1=O. The normalized spacial score (nSPS) is 26.5. The van der Waals surface area contributed by atoms with E-state index in [0.717, 1.165) is 17.7 Å². The number of ether oxygens (including phenoxy) is 2. The van der Waals surface area contributed by atoms with Gasteiger partial charge in [0.2, 0.25) is 5.91 Å². The van der Waals surface area contributed by atoms with E-state index in [4.69, 9.17) is 9.47 Å². The molecule has 2 rings (SSSR count). The van der Waals surface area contributed by atoms with Crippen LogP contribution in [-0.4, -0.2) is 80.1 Å². The molecule has 0 spiro atoms. The molecule has 0 saturated carbocycles. The Morgan fingerprint density at radius 3 is 2.91 bits per heavy atom. The van der Waals surface area contributed by atoms with E-state index in [-0.39, 0.29) is 25.6 Å². The van der Waals surface area contributed by atoms with E-state index in [1.165, 1.54) is 12.0 Å². The quantitative estimate of drug-likeness (QED) is 0.760. The lowest BCUT2D eigenvalue weighted by molar-refractivity contribution is -0.148. The standard InChI is InChI=1S/C14H22F2N2O4/c1-21-11-4-2-3-5-17(13(11)20)8-12(19)18-6-7-22-10-14(15,16)9-18/h11H,2-10H2,1H3. The van der Waals surface area contributed by atoms with Gasteiger partial charge in [-0.25, -0.2) is 8.78 Å². The highest BCUT2D eigenvalue weighted by Crippen LogP contribution is 2.19. The predicted octanol–water partition coefficient (Wildman–Crippen LogP) is 0.508. The summed E-state index contributed by atoms with van der Waals surface area (Å²) in [6, 6.07) is 0. The molecule has 0 aromatic carbocycles. The molecular weight excluding hydrogens is 298 g/mol. The van der Waals surface area contributed by atoms with Crippen LogP contribution < -0.4 is 0 Å². The molecule has 2 heterocycles. The molecule has 126 valence electrons. The molecule has 1 atom stereocenters. The first-order valence-electron chi connectivity index (χ1n) is 7.48. The second kappa shape index (κ2) is 7.32. The summed E-state index contributed by atoms with van der Waals surface area (Å²) in [5.41, 5.74) is 0. The second-order valence-corrected chi connectivity index (χ2v) is 5.70. The average molecular weight is 320 g/mol. The Morgan fingerprint density at radius 1 is 1.41 bits per heavy atom. The van der Waals surface area contributed by atoms with Crippen molar-refractivity contribution >= 4 is 11.8 Å². The van der Waals surface area contributed by atoms with Crippen molar-refractivity contribution in [3.63, 3.8) is 0 Å². The van der Waals surface area contributed by atoms with E-state index < -0.39 is 31.1 Å². The third-order valence-electron chi connectivity index (χ3n) is 3.94. The van der Waals surface area contributed by atoms with E-state index in [2.05, 4.69) is 0 Å². The molecule has 0 aliphatic carbocycles. The Kier molecular flexibility index (Phi) is 5.69. The number of likely N-dealkylation sites (tertiary alicyclic amines) is 1. The molecular formula is C14H22F2N2O4. The van der Waals surface area contributed by atoms with E-state index in [1.54, 1.807) is 0 Å². The summed E-state index contributed by atoms with van der Waals surface area (Å²) in [4.78, 5) is 27.0. The number of alkyl halides is 2. The zero-order chi connectivity index (χ0) is 16.2. The highest BCUT2D eigenvalue weighted by Gasteiger charge is 2.37. The van der Waals surface area contributed by atoms with Crippen LogP contribution in [0.1, 0.15) is 19.3 Å². The third kappa shape index (κ3) is 4.36. The number of amides is 2. The largest absolute Gasteiger partial charge is 0.373 e. The Balaban J connectivity index is 1.98. The van der Waals surface area contributed by atoms with Crippen LogP contribution in [0.3, 0.4) is 0 Å². The molecule has 1 unspecified atom stereocenters. The van der Waals surface area contributed by atoms with Gasteiger partial charge in [0.05, 0.1) is 19.7 Å². The molecule has 2 fully saturated rings. The van der Waals surface area contributed by atoms with Crippen molar-refractivity contribution in [1.29, 1.82) is 0 Å². The van der Waals surface area contributed by atoms with Gasteiger partial charge in [-0.1, -0.05) is 0 Å². The Bertz CT molecular complexity index is 420. The lowest BCUT2D eigenvalue weighted by atomic mass is 10.2. The fourth-order valence-electron chi connectivity index (χ4n) is 2.72. The summed E-state index contributed by atoms with van der Waals surface area (Å²) < 4.78 is 36.9. The van der Waals surface area contributed by atoms with E-state index >= 15 is 0 Å². The number of halogens is 2. The van der Waals surface area contributed by atoms with Crippen LogP contribution in [0.15, 0.2) is 0 Å². The maximum atomic E-state index is 13.5. The van der Waals surface area contributed by atoms with Gasteiger partial charge in [-0.3, -0.25) is 9.59 Å². The minimum Gasteiger partial charge on any atom is -0.373 e. The minimum atomic E-state index is -3.05. The number of methoxy groups -OCH3 is 1. The zero-order valence-electron chi connectivity index (χ0n) is 12.7. The van der Waals surface area contributed by atoms with Gasteiger partial charge >= 0.3 is 0 Å². The van der Waals surface area contributed by atoms with Crippen LogP contribution in [0.25, 0.3) is 0 Å².